The van der Waals surface area contributed by atoms with E-state index < -0.39 is 5.41 Å². The highest BCUT2D eigenvalue weighted by molar-refractivity contribution is 6.11. The van der Waals surface area contributed by atoms with Gasteiger partial charge in [0.05, 0.1) is 38.9 Å². The lowest BCUT2D eigenvalue weighted by molar-refractivity contribution is 0.763. The van der Waals surface area contributed by atoms with Crippen LogP contribution in [0.15, 0.2) is 231 Å². The topological polar surface area (TPSA) is 35.6 Å². The van der Waals surface area contributed by atoms with E-state index in [-0.39, 0.29) is 0 Å². The van der Waals surface area contributed by atoms with Crippen molar-refractivity contribution in [1.29, 1.82) is 0 Å². The number of aromatic nitrogens is 4. The third-order valence-electron chi connectivity index (χ3n) is 13.2. The lowest BCUT2D eigenvalue weighted by Gasteiger charge is -2.34. The van der Waals surface area contributed by atoms with Crippen LogP contribution in [0, 0.1) is 0 Å². The van der Waals surface area contributed by atoms with Crippen molar-refractivity contribution >= 4 is 43.6 Å². The molecule has 0 unspecified atom stereocenters. The third kappa shape index (κ3) is 5.16. The molecule has 1 aliphatic carbocycles. The van der Waals surface area contributed by atoms with Crippen LogP contribution >= 0.6 is 0 Å². The van der Waals surface area contributed by atoms with Gasteiger partial charge in [-0.05, 0) is 59.2 Å². The van der Waals surface area contributed by atoms with Crippen molar-refractivity contribution in [2.75, 3.05) is 0 Å². The first-order valence-electron chi connectivity index (χ1n) is 21.6. The molecule has 0 amide bonds. The number of hydrogen-bond acceptors (Lipinski definition) is 2. The Bertz CT molecular complexity index is 3450. The van der Waals surface area contributed by atoms with Gasteiger partial charge >= 0.3 is 0 Å². The fourth-order valence-electron chi connectivity index (χ4n) is 10.6. The summed E-state index contributed by atoms with van der Waals surface area (Å²) in [5.74, 6) is 0.691. The summed E-state index contributed by atoms with van der Waals surface area (Å²) in [6.45, 7) is 0. The summed E-state index contributed by atoms with van der Waals surface area (Å²) in [4.78, 5) is 11.4. The van der Waals surface area contributed by atoms with Crippen molar-refractivity contribution in [2.24, 2.45) is 0 Å². The van der Waals surface area contributed by atoms with Crippen LogP contribution < -0.4 is 0 Å². The highest BCUT2D eigenvalue weighted by Gasteiger charge is 2.49. The van der Waals surface area contributed by atoms with Gasteiger partial charge in [0.1, 0.15) is 0 Å². The predicted octanol–water partition coefficient (Wildman–Crippen LogP) is 14.4. The van der Waals surface area contributed by atoms with Crippen LogP contribution in [0.3, 0.4) is 0 Å². The van der Waals surface area contributed by atoms with Crippen molar-refractivity contribution in [2.45, 2.75) is 5.41 Å². The highest BCUT2D eigenvalue weighted by atomic mass is 15.0. The Morgan fingerprint density at radius 3 is 1.22 bits per heavy atom. The Hall–Kier alpha value is -8.34. The van der Waals surface area contributed by atoms with Gasteiger partial charge in [-0.25, -0.2) is 9.97 Å². The molecule has 0 fully saturated rings. The van der Waals surface area contributed by atoms with Crippen LogP contribution in [-0.2, 0) is 5.41 Å². The molecule has 0 aliphatic heterocycles. The summed E-state index contributed by atoms with van der Waals surface area (Å²) in [6, 6.07) is 83.3. The fraction of sp³-hybridized carbons (Fsp3) is 0.0169. The Morgan fingerprint density at radius 1 is 0.333 bits per heavy atom. The van der Waals surface area contributed by atoms with E-state index in [1.165, 1.54) is 38.2 Å². The minimum absolute atomic E-state index is 0.691. The first-order valence-corrected chi connectivity index (χ1v) is 21.6. The minimum Gasteiger partial charge on any atom is -0.309 e. The summed E-state index contributed by atoms with van der Waals surface area (Å²) in [5.41, 5.74) is 15.5. The van der Waals surface area contributed by atoms with Crippen molar-refractivity contribution in [1.82, 2.24) is 19.1 Å². The average Bonchev–Trinajstić information content (AvgIpc) is 3.99. The second-order valence-corrected chi connectivity index (χ2v) is 16.5. The molecule has 1 aliphatic rings. The average molecular weight is 803 g/mol. The molecule has 294 valence electrons. The maximum Gasteiger partial charge on any atom is 0.160 e. The van der Waals surface area contributed by atoms with Gasteiger partial charge in [-0.1, -0.05) is 188 Å². The summed E-state index contributed by atoms with van der Waals surface area (Å²) in [7, 11) is 0. The maximum atomic E-state index is 5.78. The zero-order valence-electron chi connectivity index (χ0n) is 34.2. The van der Waals surface area contributed by atoms with Crippen molar-refractivity contribution in [3.63, 3.8) is 0 Å². The van der Waals surface area contributed by atoms with E-state index >= 15 is 0 Å². The van der Waals surface area contributed by atoms with Gasteiger partial charge in [-0.3, -0.25) is 0 Å². The van der Waals surface area contributed by atoms with E-state index in [1.54, 1.807) is 0 Å². The van der Waals surface area contributed by atoms with Gasteiger partial charge in [-0.15, -0.1) is 0 Å². The van der Waals surface area contributed by atoms with E-state index in [2.05, 4.69) is 240 Å². The quantitative estimate of drug-likeness (QED) is 0.168. The van der Waals surface area contributed by atoms with Gasteiger partial charge in [0.2, 0.25) is 0 Å². The van der Waals surface area contributed by atoms with Crippen LogP contribution in [0.1, 0.15) is 22.3 Å². The monoisotopic (exact) mass is 802 g/mol. The van der Waals surface area contributed by atoms with Gasteiger partial charge in [0.15, 0.2) is 5.82 Å². The Balaban J connectivity index is 1.22. The second kappa shape index (κ2) is 13.8. The molecule has 0 atom stereocenters. The molecule has 3 aromatic heterocycles. The molecule has 3 heterocycles. The molecule has 0 N–H and O–H groups in total. The van der Waals surface area contributed by atoms with Crippen LogP contribution in [0.4, 0.5) is 0 Å². The molecule has 0 saturated heterocycles. The highest BCUT2D eigenvalue weighted by Crippen LogP contribution is 2.58. The second-order valence-electron chi connectivity index (χ2n) is 16.5. The molecule has 63 heavy (non-hydrogen) atoms. The lowest BCUT2D eigenvalue weighted by atomic mass is 9.67. The number of rotatable bonds is 6. The zero-order chi connectivity index (χ0) is 41.5. The smallest absolute Gasteiger partial charge is 0.160 e. The molecule has 4 nitrogen and oxygen atoms in total. The van der Waals surface area contributed by atoms with E-state index in [9.17, 15) is 0 Å². The van der Waals surface area contributed by atoms with Gasteiger partial charge in [0, 0.05) is 55.2 Å². The van der Waals surface area contributed by atoms with E-state index in [0.29, 0.717) is 5.82 Å². The van der Waals surface area contributed by atoms with Crippen LogP contribution in [0.5, 0.6) is 0 Å². The summed E-state index contributed by atoms with van der Waals surface area (Å²) < 4.78 is 4.86. The standard InChI is InChI=1S/C59H38N4/c1-4-20-39(21-5-1)58-60-56(55-57(61-58)49-30-10-15-31-50(49)59(55,41-22-6-2-7-23-41)42-24-8-3-9-25-42)40-36-43(62-51-32-16-11-26-45(51)46-27-12-17-33-52(46)62)38-44(37-40)63-53-34-18-13-28-47(53)48-29-14-19-35-54(48)63/h1-38H. The molecule has 0 radical (unpaired) electrons. The van der Waals surface area contributed by atoms with Crippen molar-refractivity contribution in [3.05, 3.63) is 253 Å². The summed E-state index contributed by atoms with van der Waals surface area (Å²) >= 11 is 0. The number of para-hydroxylation sites is 4. The number of hydrogen-bond donors (Lipinski definition) is 0. The molecule has 0 saturated carbocycles. The fourth-order valence-corrected chi connectivity index (χ4v) is 10.6. The number of benzene rings is 9. The first-order chi connectivity index (χ1) is 31.3. The maximum absolute atomic E-state index is 5.78. The van der Waals surface area contributed by atoms with Crippen molar-refractivity contribution < 1.29 is 0 Å². The Kier molecular flexibility index (Phi) is 7.79. The lowest BCUT2D eigenvalue weighted by Crippen LogP contribution is -2.29. The van der Waals surface area contributed by atoms with Gasteiger partial charge in [0.25, 0.3) is 0 Å². The first kappa shape index (κ1) is 35.4. The minimum atomic E-state index is -0.727. The predicted molar refractivity (Wildman–Crippen MR) is 259 cm³/mol. The Labute approximate surface area is 364 Å². The molecular weight excluding hydrogens is 765 g/mol. The summed E-state index contributed by atoms with van der Waals surface area (Å²) in [5, 5.41) is 4.87. The van der Waals surface area contributed by atoms with Crippen molar-refractivity contribution in [3.8, 4) is 45.3 Å². The molecule has 0 spiro atoms. The van der Waals surface area contributed by atoms with Crippen LogP contribution in [0.2, 0.25) is 0 Å². The Morgan fingerprint density at radius 2 is 0.730 bits per heavy atom. The summed E-state index contributed by atoms with van der Waals surface area (Å²) in [6.07, 6.45) is 0. The van der Waals surface area contributed by atoms with Gasteiger partial charge in [-0.2, -0.15) is 0 Å². The molecular formula is C59H38N4. The van der Waals surface area contributed by atoms with Crippen LogP contribution in [0.25, 0.3) is 88.9 Å². The molecule has 0 bridgehead atoms. The number of nitrogens with zero attached hydrogens (tertiary/aromatic N) is 4. The van der Waals surface area contributed by atoms with E-state index in [0.717, 1.165) is 67.1 Å². The van der Waals surface area contributed by atoms with Crippen LogP contribution in [-0.4, -0.2) is 19.1 Å². The van der Waals surface area contributed by atoms with E-state index in [1.807, 2.05) is 0 Å². The molecule has 4 heteroatoms. The SMILES string of the molecule is c1ccc(-c2nc(-c3cc(-n4c5ccccc5c5ccccc54)cc(-n4c5ccccc5c5ccccc54)c3)c3c(n2)-c2ccccc2C3(c2ccccc2)c2ccccc2)cc1. The molecule has 13 rings (SSSR count). The molecule has 12 aromatic rings. The number of fused-ring (bicyclic) bond motifs is 9. The van der Waals surface area contributed by atoms with E-state index in [4.69, 9.17) is 9.97 Å². The van der Waals surface area contributed by atoms with Gasteiger partial charge < -0.3 is 9.13 Å². The third-order valence-corrected chi connectivity index (χ3v) is 13.2. The largest absolute Gasteiger partial charge is 0.309 e. The molecule has 9 aromatic carbocycles. The zero-order valence-corrected chi connectivity index (χ0v) is 34.2. The normalized spacial score (nSPS) is 12.9.